The fourth-order valence-electron chi connectivity index (χ4n) is 0.720. The van der Waals surface area contributed by atoms with Crippen LogP contribution in [-0.4, -0.2) is 34.1 Å². The predicted octanol–water partition coefficient (Wildman–Crippen LogP) is -0.795. The zero-order chi connectivity index (χ0) is 7.56. The van der Waals surface area contributed by atoms with Gasteiger partial charge in [-0.15, -0.1) is 0 Å². The van der Waals surface area contributed by atoms with E-state index in [1.54, 1.807) is 6.08 Å². The fraction of sp³-hybridized carbons (Fsp3) is 0.400. The average Bonchev–Trinajstić information content (AvgIpc) is 1.88. The second kappa shape index (κ2) is 2.68. The molecule has 1 rings (SSSR count). The Bertz CT molecular complexity index is 168. The van der Waals surface area contributed by atoms with Crippen LogP contribution in [0.5, 0.6) is 0 Å². The number of rotatable bonds is 1. The first kappa shape index (κ1) is 7.04. The highest BCUT2D eigenvalue weighted by molar-refractivity contribution is 5.73. The Kier molecular flexibility index (Phi) is 1.88. The smallest absolute Gasteiger partial charge is 0.343 e. The van der Waals surface area contributed by atoms with Crippen LogP contribution in [0.4, 0.5) is 0 Å². The Morgan fingerprint density at radius 3 is 2.90 bits per heavy atom. The van der Waals surface area contributed by atoms with Gasteiger partial charge in [0.2, 0.25) is 6.17 Å². The van der Waals surface area contributed by atoms with Gasteiger partial charge in [0.05, 0.1) is 0 Å². The van der Waals surface area contributed by atoms with Gasteiger partial charge in [-0.1, -0.05) is 6.08 Å². The van der Waals surface area contributed by atoms with E-state index in [0.29, 0.717) is 11.6 Å². The highest BCUT2D eigenvalue weighted by Gasteiger charge is 2.22. The van der Waals surface area contributed by atoms with Crippen LogP contribution in [0.15, 0.2) is 12.3 Å². The number of carbonyl (C=O) groups is 1. The lowest BCUT2D eigenvalue weighted by atomic mass is 10.4. The summed E-state index contributed by atoms with van der Waals surface area (Å²) in [4.78, 5) is 10.3. The van der Waals surface area contributed by atoms with E-state index in [2.05, 4.69) is 5.32 Å². The second-order valence-corrected chi connectivity index (χ2v) is 1.91. The van der Waals surface area contributed by atoms with E-state index in [1.165, 1.54) is 6.20 Å². The predicted molar refractivity (Wildman–Crippen MR) is 32.2 cm³/mol. The third-order valence-electron chi connectivity index (χ3n) is 1.19. The zero-order valence-corrected chi connectivity index (χ0v) is 5.19. The molecule has 10 heavy (non-hydrogen) atoms. The maximum absolute atomic E-state index is 10.3. The van der Waals surface area contributed by atoms with Crippen LogP contribution in [0.25, 0.3) is 0 Å². The van der Waals surface area contributed by atoms with Crippen molar-refractivity contribution in [3.8, 4) is 0 Å². The molecule has 1 heterocycles. The highest BCUT2D eigenvalue weighted by atomic mass is 16.5. The van der Waals surface area contributed by atoms with Crippen LogP contribution in [0.1, 0.15) is 0 Å². The molecule has 0 aromatic carbocycles. The van der Waals surface area contributed by atoms with Gasteiger partial charge in [0.1, 0.15) is 0 Å². The molecule has 5 nitrogen and oxygen atoms in total. The van der Waals surface area contributed by atoms with E-state index in [0.717, 1.165) is 0 Å². The van der Waals surface area contributed by atoms with Crippen molar-refractivity contribution in [3.63, 3.8) is 0 Å². The van der Waals surface area contributed by atoms with Crippen molar-refractivity contribution in [2.75, 3.05) is 6.54 Å². The van der Waals surface area contributed by atoms with E-state index in [-0.39, 0.29) is 0 Å². The van der Waals surface area contributed by atoms with Gasteiger partial charge in [-0.25, -0.2) is 9.86 Å². The third-order valence-corrected chi connectivity index (χ3v) is 1.19. The van der Waals surface area contributed by atoms with Gasteiger partial charge in [-0.3, -0.25) is 10.5 Å². The summed E-state index contributed by atoms with van der Waals surface area (Å²) in [5.41, 5.74) is 0. The Morgan fingerprint density at radius 1 is 1.80 bits per heavy atom. The van der Waals surface area contributed by atoms with Crippen LogP contribution in [-0.2, 0) is 4.79 Å². The van der Waals surface area contributed by atoms with Gasteiger partial charge in [0, 0.05) is 12.7 Å². The first-order valence-corrected chi connectivity index (χ1v) is 2.82. The van der Waals surface area contributed by atoms with Crippen LogP contribution in [0.2, 0.25) is 0 Å². The standard InChI is InChI=1S/C5H8N2O3/c8-5(9)4-6-2-1-3-7(4)10/h1,3-4,6,10H,2H2,(H,8,9). The molecule has 0 aromatic rings. The van der Waals surface area contributed by atoms with E-state index in [1.807, 2.05) is 0 Å². The molecule has 56 valence electrons. The van der Waals surface area contributed by atoms with Crippen molar-refractivity contribution in [3.05, 3.63) is 12.3 Å². The maximum Gasteiger partial charge on any atom is 0.343 e. The Balaban J connectivity index is 2.60. The second-order valence-electron chi connectivity index (χ2n) is 1.91. The molecule has 0 amide bonds. The largest absolute Gasteiger partial charge is 0.479 e. The first-order valence-electron chi connectivity index (χ1n) is 2.82. The normalized spacial score (nSPS) is 24.9. The average molecular weight is 144 g/mol. The summed E-state index contributed by atoms with van der Waals surface area (Å²) in [6.07, 6.45) is 1.93. The SMILES string of the molecule is O=C(O)C1NCC=CN1O. The topological polar surface area (TPSA) is 72.8 Å². The molecule has 0 spiro atoms. The molecule has 3 N–H and O–H groups in total. The van der Waals surface area contributed by atoms with Crippen molar-refractivity contribution in [2.24, 2.45) is 0 Å². The zero-order valence-electron chi connectivity index (χ0n) is 5.19. The summed E-state index contributed by atoms with van der Waals surface area (Å²) in [7, 11) is 0. The molecular weight excluding hydrogens is 136 g/mol. The minimum atomic E-state index is -1.09. The van der Waals surface area contributed by atoms with Crippen LogP contribution in [0, 0.1) is 0 Å². The Morgan fingerprint density at radius 2 is 2.50 bits per heavy atom. The fourth-order valence-corrected chi connectivity index (χ4v) is 0.720. The molecule has 0 saturated heterocycles. The molecule has 1 aliphatic rings. The van der Waals surface area contributed by atoms with Crippen LogP contribution in [0.3, 0.4) is 0 Å². The molecule has 5 heteroatoms. The quantitative estimate of drug-likeness (QED) is 0.449. The summed E-state index contributed by atoms with van der Waals surface area (Å²) in [6.45, 7) is 0.466. The molecule has 0 aromatic heterocycles. The van der Waals surface area contributed by atoms with E-state index >= 15 is 0 Å². The van der Waals surface area contributed by atoms with Crippen LogP contribution >= 0.6 is 0 Å². The van der Waals surface area contributed by atoms with E-state index in [4.69, 9.17) is 10.3 Å². The first-order chi connectivity index (χ1) is 4.72. The minimum Gasteiger partial charge on any atom is -0.479 e. The van der Waals surface area contributed by atoms with E-state index < -0.39 is 12.1 Å². The van der Waals surface area contributed by atoms with Gasteiger partial charge < -0.3 is 5.11 Å². The summed E-state index contributed by atoms with van der Waals surface area (Å²) in [5, 5.41) is 20.4. The van der Waals surface area contributed by atoms with Crippen molar-refractivity contribution in [2.45, 2.75) is 6.17 Å². The number of nitrogens with one attached hydrogen (secondary N) is 1. The number of nitrogens with zero attached hydrogens (tertiary/aromatic N) is 1. The van der Waals surface area contributed by atoms with Crippen molar-refractivity contribution < 1.29 is 15.1 Å². The minimum absolute atomic E-state index is 0.466. The van der Waals surface area contributed by atoms with E-state index in [9.17, 15) is 4.79 Å². The van der Waals surface area contributed by atoms with Crippen molar-refractivity contribution in [1.82, 2.24) is 10.4 Å². The van der Waals surface area contributed by atoms with Crippen molar-refractivity contribution >= 4 is 5.97 Å². The molecule has 1 unspecified atom stereocenters. The molecule has 0 saturated carbocycles. The Hall–Kier alpha value is -1.07. The number of hydrogen-bond acceptors (Lipinski definition) is 4. The third kappa shape index (κ3) is 1.26. The number of hydrogen-bond donors (Lipinski definition) is 3. The number of hydroxylamine groups is 2. The van der Waals surface area contributed by atoms with Gasteiger partial charge in [-0.05, 0) is 0 Å². The monoisotopic (exact) mass is 144 g/mol. The summed E-state index contributed by atoms with van der Waals surface area (Å²) >= 11 is 0. The Labute approximate surface area is 57.5 Å². The number of aliphatic carboxylic acids is 1. The van der Waals surface area contributed by atoms with Crippen LogP contribution < -0.4 is 5.32 Å². The maximum atomic E-state index is 10.3. The molecular formula is C5H8N2O3. The van der Waals surface area contributed by atoms with Gasteiger partial charge in [0.25, 0.3) is 0 Å². The number of carboxylic acids is 1. The number of carboxylic acid groups (broad SMARTS) is 1. The van der Waals surface area contributed by atoms with Crippen molar-refractivity contribution in [1.29, 1.82) is 0 Å². The molecule has 1 aliphatic heterocycles. The lowest BCUT2D eigenvalue weighted by Crippen LogP contribution is -2.49. The molecule has 0 radical (unpaired) electrons. The lowest BCUT2D eigenvalue weighted by molar-refractivity contribution is -0.161. The van der Waals surface area contributed by atoms with Gasteiger partial charge >= 0.3 is 5.97 Å². The molecule has 0 aliphatic carbocycles. The molecule has 0 bridgehead atoms. The highest BCUT2D eigenvalue weighted by Crippen LogP contribution is 1.97. The lowest BCUT2D eigenvalue weighted by Gasteiger charge is -2.24. The van der Waals surface area contributed by atoms with Gasteiger partial charge in [-0.2, -0.15) is 0 Å². The summed E-state index contributed by atoms with van der Waals surface area (Å²) in [5.74, 6) is -1.09. The van der Waals surface area contributed by atoms with Gasteiger partial charge in [0.15, 0.2) is 0 Å². The molecule has 0 fully saturated rings. The molecule has 1 atom stereocenters. The summed E-state index contributed by atoms with van der Waals surface area (Å²) in [6, 6.07) is 0. The summed E-state index contributed by atoms with van der Waals surface area (Å²) < 4.78 is 0.